The van der Waals surface area contributed by atoms with E-state index in [1.54, 1.807) is 46.4 Å². The number of hydrogen-bond acceptors (Lipinski definition) is 13. The number of methoxy groups -OCH3 is 1. The lowest BCUT2D eigenvalue weighted by Gasteiger charge is -2.19. The number of allylic oxidation sites excluding steroid dienone is 1. The van der Waals surface area contributed by atoms with Crippen molar-refractivity contribution in [2.24, 2.45) is 9.98 Å². The molecule has 0 radical (unpaired) electrons. The average molecular weight is 953 g/mol. The van der Waals surface area contributed by atoms with Gasteiger partial charge in [-0.05, 0) is 98.7 Å². The fourth-order valence-corrected chi connectivity index (χ4v) is 8.65. The number of ketones is 1. The summed E-state index contributed by atoms with van der Waals surface area (Å²) in [6.07, 6.45) is 15.3. The maximum absolute atomic E-state index is 13.6. The Morgan fingerprint density at radius 1 is 0.700 bits per heavy atom. The van der Waals surface area contributed by atoms with Gasteiger partial charge in [-0.1, -0.05) is 17.2 Å². The van der Waals surface area contributed by atoms with Crippen molar-refractivity contribution in [2.75, 3.05) is 46.6 Å². The Hall–Kier alpha value is -7.50. The van der Waals surface area contributed by atoms with Gasteiger partial charge >= 0.3 is 0 Å². The van der Waals surface area contributed by atoms with Crippen LogP contribution in [0.5, 0.6) is 17.2 Å². The maximum Gasteiger partial charge on any atom is 0.260 e. The zero-order valence-electron chi connectivity index (χ0n) is 39.7. The predicted molar refractivity (Wildman–Crippen MR) is 261 cm³/mol. The van der Waals surface area contributed by atoms with Crippen LogP contribution in [0.4, 0.5) is 11.4 Å². The zero-order chi connectivity index (χ0) is 49.3. The monoisotopic (exact) mass is 952 g/mol. The molecule has 8 rings (SSSR count). The van der Waals surface area contributed by atoms with E-state index in [4.69, 9.17) is 28.7 Å². The topological polar surface area (TPSA) is 195 Å². The van der Waals surface area contributed by atoms with Gasteiger partial charge in [0.25, 0.3) is 23.6 Å². The van der Waals surface area contributed by atoms with Crippen molar-refractivity contribution in [3.05, 3.63) is 118 Å². The Balaban J connectivity index is 0.871. The minimum absolute atomic E-state index is 0.00934. The van der Waals surface area contributed by atoms with Crippen LogP contribution in [0.2, 0.25) is 0 Å². The van der Waals surface area contributed by atoms with Gasteiger partial charge in [-0.2, -0.15) is 0 Å². The summed E-state index contributed by atoms with van der Waals surface area (Å²) in [6.45, 7) is 7.72. The third-order valence-electron chi connectivity index (χ3n) is 12.2. The maximum atomic E-state index is 13.6. The molecule has 364 valence electrons. The number of carbonyl (C=O) groups is 6. The summed E-state index contributed by atoms with van der Waals surface area (Å²) in [5, 5.41) is 2.69. The molecular formula is C53H56N6O11. The second-order valence-electron chi connectivity index (χ2n) is 17.7. The van der Waals surface area contributed by atoms with Crippen molar-refractivity contribution < 1.29 is 52.5 Å². The van der Waals surface area contributed by atoms with Crippen molar-refractivity contribution >= 4 is 65.2 Å². The lowest BCUT2D eigenvalue weighted by atomic mass is 10.0. The second kappa shape index (κ2) is 22.3. The highest BCUT2D eigenvalue weighted by molar-refractivity contribution is 6.13. The normalized spacial score (nSPS) is 17.9. The molecule has 0 spiro atoms. The van der Waals surface area contributed by atoms with Crippen LogP contribution in [0, 0.1) is 6.92 Å². The van der Waals surface area contributed by atoms with Crippen LogP contribution in [-0.2, 0) is 41.9 Å². The molecule has 5 aliphatic heterocycles. The molecule has 0 fully saturated rings. The van der Waals surface area contributed by atoms with E-state index in [9.17, 15) is 28.8 Å². The van der Waals surface area contributed by atoms with E-state index in [2.05, 4.69) is 10.3 Å². The summed E-state index contributed by atoms with van der Waals surface area (Å²) >= 11 is 0. The number of hydrogen-bond donors (Lipinski definition) is 1. The molecule has 5 heterocycles. The quantitative estimate of drug-likeness (QED) is 0.0643. The van der Waals surface area contributed by atoms with Crippen molar-refractivity contribution in [3.8, 4) is 17.2 Å². The third kappa shape index (κ3) is 11.8. The standard InChI is InChI=1S/C53H56N6O11/c1-33-18-39-27-55-44-25-46(35(3)20-42(44)52(64)58(39)29-33)69-31-37-21-36(7-8-41(60)6-5-14-67-16-17-68-15-12-54-49(61)11-13-57-50(62)9-10-51(57)63)22-38(23-37)32-70-48-26-45-43(24-47(48)66-4)53(65)59-30-34(2)19-40(59)28-56-45/h7-10,20-30,39-40H,5-6,11-19,31-32H2,1-4H3,(H,54,61)/b8-7+/t39-,40-/m0/s1. The first-order chi connectivity index (χ1) is 33.8. The first kappa shape index (κ1) is 48.9. The number of fused-ring (bicyclic) bond motifs is 4. The molecule has 17 heteroatoms. The fraction of sp³-hybridized carbons (Fsp3) is 0.358. The van der Waals surface area contributed by atoms with Crippen molar-refractivity contribution in [1.29, 1.82) is 0 Å². The van der Waals surface area contributed by atoms with Gasteiger partial charge in [-0.25, -0.2) is 0 Å². The molecule has 5 amide bonds. The fourth-order valence-electron chi connectivity index (χ4n) is 8.65. The summed E-state index contributed by atoms with van der Waals surface area (Å²) in [5.74, 6) is -0.0886. The summed E-state index contributed by atoms with van der Waals surface area (Å²) < 4.78 is 29.6. The summed E-state index contributed by atoms with van der Waals surface area (Å²) in [6, 6.07) is 12.6. The molecule has 0 saturated carbocycles. The van der Waals surface area contributed by atoms with Crippen LogP contribution in [0.15, 0.2) is 94.2 Å². The lowest BCUT2D eigenvalue weighted by Crippen LogP contribution is -2.35. The van der Waals surface area contributed by atoms with Crippen molar-refractivity contribution in [3.63, 3.8) is 0 Å². The number of rotatable bonds is 22. The Kier molecular flexibility index (Phi) is 15.6. The number of carbonyl (C=O) groups excluding carboxylic acids is 6. The van der Waals surface area contributed by atoms with Crippen molar-refractivity contribution in [2.45, 2.75) is 78.2 Å². The minimum Gasteiger partial charge on any atom is -0.493 e. The van der Waals surface area contributed by atoms with E-state index >= 15 is 0 Å². The number of benzene rings is 3. The number of ether oxygens (including phenoxy) is 5. The smallest absolute Gasteiger partial charge is 0.260 e. The molecule has 0 aromatic heterocycles. The highest BCUT2D eigenvalue weighted by atomic mass is 16.5. The molecule has 2 atom stereocenters. The first-order valence-electron chi connectivity index (χ1n) is 23.3. The average Bonchev–Trinajstić information content (AvgIpc) is 3.98. The van der Waals surface area contributed by atoms with Gasteiger partial charge in [-0.3, -0.25) is 43.7 Å². The highest BCUT2D eigenvalue weighted by Crippen LogP contribution is 2.39. The number of amides is 5. The molecular weight excluding hydrogens is 897 g/mol. The van der Waals surface area contributed by atoms with Crippen LogP contribution in [0.1, 0.15) is 88.9 Å². The largest absolute Gasteiger partial charge is 0.493 e. The number of imide groups is 1. The Bertz CT molecular complexity index is 2750. The predicted octanol–water partition coefficient (Wildman–Crippen LogP) is 6.66. The summed E-state index contributed by atoms with van der Waals surface area (Å²) in [5.41, 5.74) is 7.32. The molecule has 5 aliphatic rings. The van der Waals surface area contributed by atoms with Crippen molar-refractivity contribution in [1.82, 2.24) is 20.0 Å². The SMILES string of the molecule is COc1cc2c(cc1OCc1cc(/C=C/C(=O)CCCOCCOCCNC(=O)CCN3C(=O)C=CC3=O)cc(COc3cc4c(cc3C)C(=O)N3C=C(C)C[C@H]3C=N4)c1)N=C[C@@H]1CC(C)=CN1C2=O. The third-order valence-corrected chi connectivity index (χ3v) is 12.2. The van der Waals surface area contributed by atoms with E-state index in [1.807, 2.05) is 63.7 Å². The second-order valence-corrected chi connectivity index (χ2v) is 17.7. The van der Waals surface area contributed by atoms with Gasteiger partial charge in [0.1, 0.15) is 19.0 Å². The molecule has 70 heavy (non-hydrogen) atoms. The van der Waals surface area contributed by atoms with Gasteiger partial charge < -0.3 is 38.8 Å². The van der Waals surface area contributed by atoms with Gasteiger partial charge in [0.05, 0.1) is 61.5 Å². The molecule has 17 nitrogen and oxygen atoms in total. The van der Waals surface area contributed by atoms with E-state index in [1.165, 1.54) is 19.3 Å². The van der Waals surface area contributed by atoms with E-state index in [0.29, 0.717) is 66.0 Å². The Labute approximate surface area is 406 Å². The van der Waals surface area contributed by atoms with Crippen LogP contribution < -0.4 is 19.5 Å². The lowest BCUT2D eigenvalue weighted by molar-refractivity contribution is -0.137. The van der Waals surface area contributed by atoms with Crippen LogP contribution in [0.25, 0.3) is 6.08 Å². The molecule has 0 unspecified atom stereocenters. The summed E-state index contributed by atoms with van der Waals surface area (Å²) in [4.78, 5) is 89.2. The zero-order valence-corrected chi connectivity index (χ0v) is 39.7. The van der Waals surface area contributed by atoms with Crippen LogP contribution >= 0.6 is 0 Å². The number of nitrogens with zero attached hydrogens (tertiary/aromatic N) is 5. The van der Waals surface area contributed by atoms with E-state index < -0.39 is 11.8 Å². The molecule has 3 aromatic carbocycles. The Morgan fingerprint density at radius 3 is 1.91 bits per heavy atom. The molecule has 0 bridgehead atoms. The van der Waals surface area contributed by atoms with E-state index in [0.717, 1.165) is 51.1 Å². The van der Waals surface area contributed by atoms with Gasteiger partial charge in [-0.15, -0.1) is 0 Å². The molecule has 1 N–H and O–H groups in total. The highest BCUT2D eigenvalue weighted by Gasteiger charge is 2.33. The molecule has 0 saturated heterocycles. The molecule has 0 aliphatic carbocycles. The minimum atomic E-state index is -0.423. The first-order valence-corrected chi connectivity index (χ1v) is 23.3. The summed E-state index contributed by atoms with van der Waals surface area (Å²) in [7, 11) is 1.52. The Morgan fingerprint density at radius 2 is 1.29 bits per heavy atom. The van der Waals surface area contributed by atoms with Gasteiger partial charge in [0.15, 0.2) is 17.3 Å². The van der Waals surface area contributed by atoms with Crippen LogP contribution in [-0.4, -0.2) is 121 Å². The molecule has 3 aromatic rings. The van der Waals surface area contributed by atoms with Gasteiger partial charge in [0.2, 0.25) is 5.91 Å². The van der Waals surface area contributed by atoms with Crippen LogP contribution in [0.3, 0.4) is 0 Å². The number of nitrogens with one attached hydrogen (secondary N) is 1. The van der Waals surface area contributed by atoms with Gasteiger partial charge in [0, 0.05) is 81.7 Å². The number of aryl methyl sites for hydroxylation is 1. The van der Waals surface area contributed by atoms with E-state index in [-0.39, 0.29) is 81.3 Å². The number of aliphatic imine (C=N–C) groups is 2.